The van der Waals surface area contributed by atoms with Crippen LogP contribution >= 0.6 is 0 Å². The van der Waals surface area contributed by atoms with Crippen LogP contribution in [0.4, 0.5) is 0 Å². The van der Waals surface area contributed by atoms with Gasteiger partial charge in [-0.15, -0.1) is 10.2 Å². The van der Waals surface area contributed by atoms with Crippen molar-refractivity contribution in [2.45, 2.75) is 32.2 Å². The number of nitrogens with zero attached hydrogens (tertiary/aromatic N) is 7. The summed E-state index contributed by atoms with van der Waals surface area (Å²) in [6, 6.07) is 1.81. The van der Waals surface area contributed by atoms with Gasteiger partial charge in [-0.2, -0.15) is 0 Å². The molecule has 0 unspecified atom stereocenters. The number of primary amides is 1. The lowest BCUT2D eigenvalue weighted by Gasteiger charge is -2.32. The molecule has 1 saturated heterocycles. The van der Waals surface area contributed by atoms with E-state index in [2.05, 4.69) is 20.2 Å². The number of likely N-dealkylation sites (tertiary alicyclic amines) is 1. The van der Waals surface area contributed by atoms with Crippen LogP contribution in [0.5, 0.6) is 0 Å². The van der Waals surface area contributed by atoms with Crippen molar-refractivity contribution in [1.82, 2.24) is 34.0 Å². The number of hydrogen-bond donors (Lipinski definition) is 1. The third kappa shape index (κ3) is 3.25. The molecule has 4 rings (SSSR count). The van der Waals surface area contributed by atoms with E-state index >= 15 is 0 Å². The number of fused-ring (bicyclic) bond motifs is 1. The maximum Gasteiger partial charge on any atom is 0.292 e. The van der Waals surface area contributed by atoms with Crippen molar-refractivity contribution >= 4 is 17.6 Å². The predicted octanol–water partition coefficient (Wildman–Crippen LogP) is 0.134. The van der Waals surface area contributed by atoms with Crippen LogP contribution < -0.4 is 5.73 Å². The lowest BCUT2D eigenvalue weighted by molar-refractivity contribution is -0.118. The molecular weight excluding hydrogens is 348 g/mol. The molecule has 1 atom stereocenters. The normalized spacial score (nSPS) is 17.4. The molecule has 2 N–H and O–H groups in total. The number of aryl methyl sites for hydroxylation is 1. The Morgan fingerprint density at radius 3 is 2.96 bits per heavy atom. The minimum Gasteiger partial charge on any atom is -0.368 e. The second-order valence-corrected chi connectivity index (χ2v) is 6.73. The third-order valence-corrected chi connectivity index (χ3v) is 4.76. The Bertz CT molecular complexity index is 1010. The summed E-state index contributed by atoms with van der Waals surface area (Å²) in [5.74, 6) is 0.857. The van der Waals surface area contributed by atoms with Gasteiger partial charge in [0.1, 0.15) is 12.4 Å². The van der Waals surface area contributed by atoms with Crippen LogP contribution in [0.1, 0.15) is 40.9 Å². The number of carbonyl (C=O) groups is 2. The van der Waals surface area contributed by atoms with E-state index in [0.29, 0.717) is 18.9 Å². The Morgan fingerprint density at radius 2 is 2.15 bits per heavy atom. The summed E-state index contributed by atoms with van der Waals surface area (Å²) in [6.07, 6.45) is 6.88. The van der Waals surface area contributed by atoms with Crippen LogP contribution in [0, 0.1) is 6.92 Å². The van der Waals surface area contributed by atoms with E-state index in [9.17, 15) is 9.59 Å². The lowest BCUT2D eigenvalue weighted by atomic mass is 9.97. The van der Waals surface area contributed by atoms with Crippen molar-refractivity contribution < 1.29 is 9.59 Å². The Balaban J connectivity index is 1.57. The highest BCUT2D eigenvalue weighted by Gasteiger charge is 2.30. The van der Waals surface area contributed by atoms with E-state index in [1.165, 1.54) is 0 Å². The zero-order chi connectivity index (χ0) is 19.0. The van der Waals surface area contributed by atoms with Crippen LogP contribution in [0.2, 0.25) is 0 Å². The van der Waals surface area contributed by atoms with E-state index < -0.39 is 5.91 Å². The first kappa shape index (κ1) is 17.1. The van der Waals surface area contributed by atoms with Gasteiger partial charge in [0.15, 0.2) is 0 Å². The average molecular weight is 368 g/mol. The number of rotatable bonds is 4. The second kappa shape index (κ2) is 6.78. The molecule has 0 aromatic carbocycles. The average Bonchev–Trinajstić information content (AvgIpc) is 3.27. The van der Waals surface area contributed by atoms with E-state index in [0.717, 1.165) is 24.4 Å². The highest BCUT2D eigenvalue weighted by molar-refractivity contribution is 5.91. The fourth-order valence-electron chi connectivity index (χ4n) is 3.52. The number of hydrogen-bond acceptors (Lipinski definition) is 6. The molecule has 1 fully saturated rings. The Kier molecular flexibility index (Phi) is 4.30. The van der Waals surface area contributed by atoms with E-state index in [1.54, 1.807) is 32.5 Å². The molecule has 0 radical (unpaired) electrons. The van der Waals surface area contributed by atoms with Crippen molar-refractivity contribution in [1.29, 1.82) is 0 Å². The van der Waals surface area contributed by atoms with Gasteiger partial charge in [0.2, 0.25) is 11.7 Å². The van der Waals surface area contributed by atoms with Crippen LogP contribution in [-0.2, 0) is 11.3 Å². The molecular formula is C17H20N8O2. The monoisotopic (exact) mass is 368 g/mol. The molecule has 140 valence electrons. The van der Waals surface area contributed by atoms with E-state index in [-0.39, 0.29) is 24.2 Å². The molecule has 1 aliphatic heterocycles. The molecule has 0 spiro atoms. The summed E-state index contributed by atoms with van der Waals surface area (Å²) >= 11 is 0. The van der Waals surface area contributed by atoms with E-state index in [4.69, 9.17) is 5.73 Å². The van der Waals surface area contributed by atoms with Gasteiger partial charge in [-0.1, -0.05) is 0 Å². The van der Waals surface area contributed by atoms with Gasteiger partial charge in [-0.25, -0.2) is 9.97 Å². The second-order valence-electron chi connectivity index (χ2n) is 6.73. The molecule has 4 heterocycles. The van der Waals surface area contributed by atoms with Crippen LogP contribution in [0.15, 0.2) is 24.7 Å². The van der Waals surface area contributed by atoms with Gasteiger partial charge in [0, 0.05) is 43.3 Å². The molecule has 10 nitrogen and oxygen atoms in total. The molecule has 2 amide bonds. The fourth-order valence-corrected chi connectivity index (χ4v) is 3.52. The van der Waals surface area contributed by atoms with Gasteiger partial charge in [-0.3, -0.25) is 14.0 Å². The minimum absolute atomic E-state index is 0.0385. The topological polar surface area (TPSA) is 124 Å². The number of piperidine rings is 1. The largest absolute Gasteiger partial charge is 0.368 e. The zero-order valence-electron chi connectivity index (χ0n) is 14.9. The summed E-state index contributed by atoms with van der Waals surface area (Å²) < 4.78 is 3.35. The summed E-state index contributed by atoms with van der Waals surface area (Å²) in [5, 5.41) is 8.03. The van der Waals surface area contributed by atoms with Crippen molar-refractivity contribution in [3.05, 3.63) is 42.0 Å². The summed E-state index contributed by atoms with van der Waals surface area (Å²) in [5.41, 5.74) is 6.12. The van der Waals surface area contributed by atoms with Crippen LogP contribution in [0.3, 0.4) is 0 Å². The first-order valence-electron chi connectivity index (χ1n) is 8.80. The molecule has 0 saturated carbocycles. The summed E-state index contributed by atoms with van der Waals surface area (Å²) in [7, 11) is 0. The molecule has 27 heavy (non-hydrogen) atoms. The molecule has 0 aliphatic carbocycles. The summed E-state index contributed by atoms with van der Waals surface area (Å²) in [4.78, 5) is 34.7. The SMILES string of the molecule is Cc1ccn2c(C(=O)N3CCC[C@@H](c4nccn4CC(N)=O)C3)nnc2n1. The Hall–Kier alpha value is -3.30. The predicted molar refractivity (Wildman–Crippen MR) is 94.8 cm³/mol. The van der Waals surface area contributed by atoms with Crippen molar-refractivity contribution in [2.75, 3.05) is 13.1 Å². The van der Waals surface area contributed by atoms with Crippen molar-refractivity contribution in [3.8, 4) is 0 Å². The molecule has 10 heteroatoms. The van der Waals surface area contributed by atoms with Gasteiger partial charge in [-0.05, 0) is 25.8 Å². The quantitative estimate of drug-likeness (QED) is 0.698. The smallest absolute Gasteiger partial charge is 0.292 e. The zero-order valence-corrected chi connectivity index (χ0v) is 14.9. The number of amides is 2. The number of carbonyl (C=O) groups excluding carboxylic acids is 2. The van der Waals surface area contributed by atoms with Crippen molar-refractivity contribution in [2.24, 2.45) is 5.73 Å². The summed E-state index contributed by atoms with van der Waals surface area (Å²) in [6.45, 7) is 3.09. The first-order valence-corrected chi connectivity index (χ1v) is 8.80. The third-order valence-electron chi connectivity index (χ3n) is 4.76. The highest BCUT2D eigenvalue weighted by atomic mass is 16.2. The lowest BCUT2D eigenvalue weighted by Crippen LogP contribution is -2.40. The molecule has 3 aromatic heterocycles. The molecule has 3 aromatic rings. The van der Waals surface area contributed by atoms with E-state index in [1.807, 2.05) is 13.0 Å². The van der Waals surface area contributed by atoms with Gasteiger partial charge in [0.05, 0.1) is 0 Å². The maximum atomic E-state index is 13.0. The van der Waals surface area contributed by atoms with Crippen LogP contribution in [-0.4, -0.2) is 58.9 Å². The Morgan fingerprint density at radius 1 is 1.30 bits per heavy atom. The maximum absolute atomic E-state index is 13.0. The Labute approximate surface area is 155 Å². The number of nitrogens with two attached hydrogens (primary N) is 1. The minimum atomic E-state index is -0.421. The van der Waals surface area contributed by atoms with Gasteiger partial charge in [0.25, 0.3) is 11.7 Å². The van der Waals surface area contributed by atoms with Crippen molar-refractivity contribution in [3.63, 3.8) is 0 Å². The number of imidazole rings is 1. The standard InChI is InChI=1S/C17H20N8O2/c1-11-4-7-25-15(21-22-17(25)20-11)16(27)24-6-2-3-12(9-24)14-19-5-8-23(14)10-13(18)26/h4-5,7-8,12H,2-3,6,9-10H2,1H3,(H2,18,26)/t12-/m1/s1. The first-order chi connectivity index (χ1) is 13.0. The van der Waals surface area contributed by atoms with Crippen LogP contribution in [0.25, 0.3) is 5.78 Å². The molecule has 0 bridgehead atoms. The number of aromatic nitrogens is 6. The fraction of sp³-hybridized carbons (Fsp3) is 0.412. The van der Waals surface area contributed by atoms with Gasteiger partial charge >= 0.3 is 0 Å². The molecule has 1 aliphatic rings. The van der Waals surface area contributed by atoms with Gasteiger partial charge < -0.3 is 15.2 Å². The highest BCUT2D eigenvalue weighted by Crippen LogP contribution is 2.26.